The maximum Gasteiger partial charge on any atom is 0.309 e. The molecule has 1 unspecified atom stereocenters. The van der Waals surface area contributed by atoms with Crippen LogP contribution in [0, 0.1) is 5.92 Å². The number of esters is 1. The van der Waals surface area contributed by atoms with Crippen LogP contribution < -0.4 is 5.32 Å². The molecule has 4 heteroatoms. The summed E-state index contributed by atoms with van der Waals surface area (Å²) in [6, 6.07) is 3.73. The van der Waals surface area contributed by atoms with Crippen molar-refractivity contribution in [2.75, 3.05) is 13.2 Å². The molecule has 0 saturated heterocycles. The number of carbonyl (C=O) groups is 1. The zero-order chi connectivity index (χ0) is 11.1. The van der Waals surface area contributed by atoms with Crippen molar-refractivity contribution in [2.24, 2.45) is 5.92 Å². The first-order valence-corrected chi connectivity index (χ1v) is 5.13. The number of hydrogen-bond donors (Lipinski definition) is 1. The Morgan fingerprint density at radius 3 is 3.07 bits per heavy atom. The molecule has 0 radical (unpaired) electrons. The SMILES string of the molecule is CCOC(=O)C(C)CNCc1ccco1. The van der Waals surface area contributed by atoms with Gasteiger partial charge in [-0.2, -0.15) is 0 Å². The fraction of sp³-hybridized carbons (Fsp3) is 0.545. The van der Waals surface area contributed by atoms with Crippen molar-refractivity contribution in [1.29, 1.82) is 0 Å². The summed E-state index contributed by atoms with van der Waals surface area (Å²) >= 11 is 0. The summed E-state index contributed by atoms with van der Waals surface area (Å²) in [4.78, 5) is 11.2. The van der Waals surface area contributed by atoms with Gasteiger partial charge in [0, 0.05) is 6.54 Å². The van der Waals surface area contributed by atoms with Crippen molar-refractivity contribution in [3.8, 4) is 0 Å². The Kier molecular flexibility index (Phi) is 4.90. The Morgan fingerprint density at radius 2 is 2.47 bits per heavy atom. The Hall–Kier alpha value is -1.29. The molecule has 0 aliphatic rings. The molecule has 1 aromatic heterocycles. The van der Waals surface area contributed by atoms with E-state index in [2.05, 4.69) is 5.32 Å². The Bertz CT molecular complexity index is 282. The van der Waals surface area contributed by atoms with Gasteiger partial charge in [0.2, 0.25) is 0 Å². The molecule has 0 spiro atoms. The predicted molar refractivity (Wildman–Crippen MR) is 56.2 cm³/mol. The van der Waals surface area contributed by atoms with Crippen LogP contribution in [0.15, 0.2) is 22.8 Å². The molecule has 1 aromatic rings. The van der Waals surface area contributed by atoms with E-state index in [0.717, 1.165) is 5.76 Å². The molecule has 15 heavy (non-hydrogen) atoms. The lowest BCUT2D eigenvalue weighted by Crippen LogP contribution is -2.27. The van der Waals surface area contributed by atoms with Crippen molar-refractivity contribution >= 4 is 5.97 Å². The average molecular weight is 211 g/mol. The standard InChI is InChI=1S/C11H17NO3/c1-3-14-11(13)9(2)7-12-8-10-5-4-6-15-10/h4-6,9,12H,3,7-8H2,1-2H3. The first kappa shape index (κ1) is 11.8. The van der Waals surface area contributed by atoms with Gasteiger partial charge >= 0.3 is 5.97 Å². The van der Waals surface area contributed by atoms with Gasteiger partial charge in [-0.25, -0.2) is 0 Å². The highest BCUT2D eigenvalue weighted by atomic mass is 16.5. The van der Waals surface area contributed by atoms with Gasteiger partial charge in [0.1, 0.15) is 5.76 Å². The van der Waals surface area contributed by atoms with Gasteiger partial charge < -0.3 is 14.5 Å². The monoisotopic (exact) mass is 211 g/mol. The maximum atomic E-state index is 11.2. The smallest absolute Gasteiger partial charge is 0.309 e. The van der Waals surface area contributed by atoms with Gasteiger partial charge in [-0.05, 0) is 19.1 Å². The lowest BCUT2D eigenvalue weighted by Gasteiger charge is -2.10. The third-order valence-electron chi connectivity index (χ3n) is 2.02. The molecule has 84 valence electrons. The third kappa shape index (κ3) is 4.16. The fourth-order valence-corrected chi connectivity index (χ4v) is 1.19. The summed E-state index contributed by atoms with van der Waals surface area (Å²) in [7, 11) is 0. The highest BCUT2D eigenvalue weighted by Crippen LogP contribution is 2.00. The van der Waals surface area contributed by atoms with Crippen LogP contribution in [0.3, 0.4) is 0 Å². The molecule has 0 saturated carbocycles. The van der Waals surface area contributed by atoms with Gasteiger partial charge in [-0.3, -0.25) is 4.79 Å². The van der Waals surface area contributed by atoms with Crippen molar-refractivity contribution in [1.82, 2.24) is 5.32 Å². The minimum absolute atomic E-state index is 0.125. The summed E-state index contributed by atoms with van der Waals surface area (Å²) in [5.74, 6) is 0.579. The number of furan rings is 1. The molecule has 1 N–H and O–H groups in total. The van der Waals surface area contributed by atoms with Gasteiger partial charge in [-0.15, -0.1) is 0 Å². The normalized spacial score (nSPS) is 12.4. The van der Waals surface area contributed by atoms with E-state index in [1.165, 1.54) is 0 Å². The number of rotatable bonds is 6. The molecule has 0 fully saturated rings. The van der Waals surface area contributed by atoms with Crippen molar-refractivity contribution in [2.45, 2.75) is 20.4 Å². The molecule has 0 bridgehead atoms. The Morgan fingerprint density at radius 1 is 1.67 bits per heavy atom. The zero-order valence-electron chi connectivity index (χ0n) is 9.16. The van der Waals surface area contributed by atoms with Crippen LogP contribution in [-0.2, 0) is 16.1 Å². The minimum atomic E-state index is -0.163. The number of nitrogens with one attached hydrogen (secondary N) is 1. The average Bonchev–Trinajstić information content (AvgIpc) is 2.71. The van der Waals surface area contributed by atoms with Crippen molar-refractivity contribution in [3.63, 3.8) is 0 Å². The van der Waals surface area contributed by atoms with E-state index in [4.69, 9.17) is 9.15 Å². The molecule has 4 nitrogen and oxygen atoms in total. The lowest BCUT2D eigenvalue weighted by atomic mass is 10.2. The maximum absolute atomic E-state index is 11.2. The fourth-order valence-electron chi connectivity index (χ4n) is 1.19. The van der Waals surface area contributed by atoms with E-state index in [1.807, 2.05) is 19.1 Å². The van der Waals surface area contributed by atoms with Crippen LogP contribution in [0.1, 0.15) is 19.6 Å². The predicted octanol–water partition coefficient (Wildman–Crippen LogP) is 1.57. The quantitative estimate of drug-likeness (QED) is 0.726. The summed E-state index contributed by atoms with van der Waals surface area (Å²) in [6.07, 6.45) is 1.63. The molecule has 1 rings (SSSR count). The number of hydrogen-bond acceptors (Lipinski definition) is 4. The van der Waals surface area contributed by atoms with E-state index in [9.17, 15) is 4.79 Å². The molecule has 1 heterocycles. The van der Waals surface area contributed by atoms with E-state index >= 15 is 0 Å². The van der Waals surface area contributed by atoms with Crippen LogP contribution in [0.4, 0.5) is 0 Å². The summed E-state index contributed by atoms with van der Waals surface area (Å²) < 4.78 is 10.0. The second-order valence-corrected chi connectivity index (χ2v) is 3.36. The minimum Gasteiger partial charge on any atom is -0.468 e. The zero-order valence-corrected chi connectivity index (χ0v) is 9.16. The van der Waals surface area contributed by atoms with Gasteiger partial charge in [0.15, 0.2) is 0 Å². The molecule has 0 amide bonds. The Labute approximate surface area is 89.6 Å². The molecular formula is C11H17NO3. The van der Waals surface area contributed by atoms with E-state index in [1.54, 1.807) is 13.2 Å². The number of ether oxygens (including phenoxy) is 1. The largest absolute Gasteiger partial charge is 0.468 e. The highest BCUT2D eigenvalue weighted by molar-refractivity contribution is 5.72. The van der Waals surface area contributed by atoms with E-state index in [0.29, 0.717) is 19.7 Å². The Balaban J connectivity index is 2.17. The van der Waals surface area contributed by atoms with Crippen LogP contribution in [0.5, 0.6) is 0 Å². The van der Waals surface area contributed by atoms with E-state index in [-0.39, 0.29) is 11.9 Å². The van der Waals surface area contributed by atoms with Crippen molar-refractivity contribution in [3.05, 3.63) is 24.2 Å². The van der Waals surface area contributed by atoms with Gasteiger partial charge in [0.25, 0.3) is 0 Å². The third-order valence-corrected chi connectivity index (χ3v) is 2.02. The molecule has 0 aromatic carbocycles. The second-order valence-electron chi connectivity index (χ2n) is 3.36. The van der Waals surface area contributed by atoms with Gasteiger partial charge in [0.05, 0.1) is 25.3 Å². The lowest BCUT2D eigenvalue weighted by molar-refractivity contribution is -0.147. The molecule has 0 aliphatic carbocycles. The van der Waals surface area contributed by atoms with E-state index < -0.39 is 0 Å². The molecule has 0 aliphatic heterocycles. The first-order chi connectivity index (χ1) is 7.24. The summed E-state index contributed by atoms with van der Waals surface area (Å²) in [5, 5.41) is 3.13. The highest BCUT2D eigenvalue weighted by Gasteiger charge is 2.12. The molecular weight excluding hydrogens is 194 g/mol. The summed E-state index contributed by atoms with van der Waals surface area (Å²) in [5.41, 5.74) is 0. The van der Waals surface area contributed by atoms with Crippen LogP contribution in [0.2, 0.25) is 0 Å². The number of carbonyl (C=O) groups excluding carboxylic acids is 1. The summed E-state index contributed by atoms with van der Waals surface area (Å²) in [6.45, 7) is 5.31. The van der Waals surface area contributed by atoms with Crippen LogP contribution in [-0.4, -0.2) is 19.1 Å². The molecule has 1 atom stereocenters. The van der Waals surface area contributed by atoms with Crippen molar-refractivity contribution < 1.29 is 13.9 Å². The van der Waals surface area contributed by atoms with Gasteiger partial charge in [-0.1, -0.05) is 6.92 Å². The first-order valence-electron chi connectivity index (χ1n) is 5.13. The second kappa shape index (κ2) is 6.24. The van der Waals surface area contributed by atoms with Crippen LogP contribution in [0.25, 0.3) is 0 Å². The van der Waals surface area contributed by atoms with Crippen LogP contribution >= 0.6 is 0 Å². The topological polar surface area (TPSA) is 51.5 Å².